The van der Waals surface area contributed by atoms with Gasteiger partial charge in [-0.25, -0.2) is 4.39 Å². The third-order valence-corrected chi connectivity index (χ3v) is 3.97. The highest BCUT2D eigenvalue weighted by Crippen LogP contribution is 2.19. The number of amides is 1. The van der Waals surface area contributed by atoms with Crippen LogP contribution in [0.2, 0.25) is 0 Å². The highest BCUT2D eigenvalue weighted by atomic mass is 19.1. The Morgan fingerprint density at radius 1 is 1.19 bits per heavy atom. The molecule has 2 aromatic carbocycles. The number of rotatable bonds is 6. The first-order valence-corrected chi connectivity index (χ1v) is 8.49. The zero-order valence-corrected chi connectivity index (χ0v) is 14.7. The normalized spacial score (nSPS) is 10.9. The zero-order chi connectivity index (χ0) is 18.5. The molecule has 0 radical (unpaired) electrons. The van der Waals surface area contributed by atoms with E-state index in [2.05, 4.69) is 29.3 Å². The van der Waals surface area contributed by atoms with Gasteiger partial charge >= 0.3 is 0 Å². The highest BCUT2D eigenvalue weighted by Gasteiger charge is 2.11. The molecule has 0 spiro atoms. The van der Waals surface area contributed by atoms with E-state index in [1.807, 2.05) is 24.3 Å². The number of hydrogen-bond acceptors (Lipinski definition) is 4. The fourth-order valence-electron chi connectivity index (χ4n) is 2.49. The molecule has 0 atom stereocenters. The molecule has 0 aliphatic carbocycles. The van der Waals surface area contributed by atoms with Gasteiger partial charge in [0.15, 0.2) is 0 Å². The second-order valence-electron chi connectivity index (χ2n) is 6.35. The van der Waals surface area contributed by atoms with Crippen LogP contribution in [0, 0.1) is 5.82 Å². The summed E-state index contributed by atoms with van der Waals surface area (Å²) in [6.07, 6.45) is 0.570. The van der Waals surface area contributed by atoms with Crippen molar-refractivity contribution < 1.29 is 13.7 Å². The lowest BCUT2D eigenvalue weighted by molar-refractivity contribution is -0.116. The Balaban J connectivity index is 1.56. The van der Waals surface area contributed by atoms with Gasteiger partial charge in [-0.3, -0.25) is 4.79 Å². The van der Waals surface area contributed by atoms with E-state index in [4.69, 9.17) is 4.52 Å². The van der Waals surface area contributed by atoms with Gasteiger partial charge in [0.2, 0.25) is 17.6 Å². The topological polar surface area (TPSA) is 68.0 Å². The molecular weight excluding hydrogens is 333 g/mol. The Hall–Kier alpha value is -3.02. The maximum absolute atomic E-state index is 13.0. The standard InChI is InChI=1S/C20H20FN3O2/c1-13(2)15-4-3-5-17(12-15)22-18(25)10-11-19-23-20(24-26-19)14-6-8-16(21)9-7-14/h3-9,12-13H,10-11H2,1-2H3,(H,22,25). The number of halogens is 1. The maximum atomic E-state index is 13.0. The van der Waals surface area contributed by atoms with Crippen LogP contribution in [0.5, 0.6) is 0 Å². The van der Waals surface area contributed by atoms with E-state index in [-0.39, 0.29) is 18.1 Å². The van der Waals surface area contributed by atoms with Crippen molar-refractivity contribution in [2.24, 2.45) is 0 Å². The molecule has 3 rings (SSSR count). The molecule has 0 aliphatic rings. The number of hydrogen-bond donors (Lipinski definition) is 1. The van der Waals surface area contributed by atoms with Gasteiger partial charge in [0.1, 0.15) is 5.82 Å². The molecular formula is C20H20FN3O2. The first-order valence-electron chi connectivity index (χ1n) is 8.49. The summed E-state index contributed by atoms with van der Waals surface area (Å²) in [6.45, 7) is 4.21. The number of carbonyl (C=O) groups excluding carboxylic acids is 1. The number of carbonyl (C=O) groups is 1. The summed E-state index contributed by atoms with van der Waals surface area (Å²) in [6, 6.07) is 13.6. The van der Waals surface area contributed by atoms with Crippen LogP contribution in [0.15, 0.2) is 53.1 Å². The van der Waals surface area contributed by atoms with E-state index in [9.17, 15) is 9.18 Å². The van der Waals surface area contributed by atoms with E-state index >= 15 is 0 Å². The Labute approximate surface area is 151 Å². The van der Waals surface area contributed by atoms with E-state index < -0.39 is 0 Å². The summed E-state index contributed by atoms with van der Waals surface area (Å²) >= 11 is 0. The van der Waals surface area contributed by atoms with E-state index in [1.54, 1.807) is 12.1 Å². The number of anilines is 1. The molecule has 0 saturated carbocycles. The minimum absolute atomic E-state index is 0.118. The summed E-state index contributed by atoms with van der Waals surface area (Å²) in [5.41, 5.74) is 2.61. The van der Waals surface area contributed by atoms with Crippen molar-refractivity contribution in [3.8, 4) is 11.4 Å². The zero-order valence-electron chi connectivity index (χ0n) is 14.7. The number of benzene rings is 2. The van der Waals surface area contributed by atoms with Crippen molar-refractivity contribution in [3.63, 3.8) is 0 Å². The van der Waals surface area contributed by atoms with Crippen molar-refractivity contribution in [1.29, 1.82) is 0 Å². The van der Waals surface area contributed by atoms with Gasteiger partial charge in [-0.15, -0.1) is 0 Å². The largest absolute Gasteiger partial charge is 0.339 e. The lowest BCUT2D eigenvalue weighted by Gasteiger charge is -2.09. The molecule has 1 amide bonds. The van der Waals surface area contributed by atoms with Crippen LogP contribution in [0.4, 0.5) is 10.1 Å². The first-order chi connectivity index (χ1) is 12.5. The van der Waals surface area contributed by atoms with Gasteiger partial charge in [-0.05, 0) is 47.9 Å². The summed E-state index contributed by atoms with van der Waals surface area (Å²) < 4.78 is 18.1. The van der Waals surface area contributed by atoms with Crippen LogP contribution in [0.3, 0.4) is 0 Å². The number of nitrogens with zero attached hydrogens (tertiary/aromatic N) is 2. The minimum atomic E-state index is -0.323. The molecule has 3 aromatic rings. The molecule has 0 saturated heterocycles. The van der Waals surface area contributed by atoms with Gasteiger partial charge in [0, 0.05) is 24.1 Å². The third kappa shape index (κ3) is 4.53. The molecule has 26 heavy (non-hydrogen) atoms. The SMILES string of the molecule is CC(C)c1cccc(NC(=O)CCc2nc(-c3ccc(F)cc3)no2)c1. The molecule has 5 nitrogen and oxygen atoms in total. The van der Waals surface area contributed by atoms with Crippen LogP contribution in [0.1, 0.15) is 37.6 Å². The third-order valence-electron chi connectivity index (χ3n) is 3.97. The van der Waals surface area contributed by atoms with Gasteiger partial charge in [0.25, 0.3) is 0 Å². The number of aromatic nitrogens is 2. The van der Waals surface area contributed by atoms with Crippen LogP contribution in [-0.2, 0) is 11.2 Å². The van der Waals surface area contributed by atoms with Crippen molar-refractivity contribution in [2.75, 3.05) is 5.32 Å². The number of nitrogens with one attached hydrogen (secondary N) is 1. The molecule has 0 bridgehead atoms. The summed E-state index contributed by atoms with van der Waals surface area (Å²) in [4.78, 5) is 16.4. The maximum Gasteiger partial charge on any atom is 0.227 e. The van der Waals surface area contributed by atoms with Crippen molar-refractivity contribution >= 4 is 11.6 Å². The van der Waals surface area contributed by atoms with E-state index in [0.717, 1.165) is 5.69 Å². The Morgan fingerprint density at radius 2 is 1.96 bits per heavy atom. The van der Waals surface area contributed by atoms with Crippen LogP contribution < -0.4 is 5.32 Å². The Bertz CT molecular complexity index is 888. The molecule has 1 aromatic heterocycles. The number of aryl methyl sites for hydroxylation is 1. The molecule has 134 valence electrons. The van der Waals surface area contributed by atoms with Gasteiger partial charge in [-0.2, -0.15) is 4.98 Å². The summed E-state index contributed by atoms with van der Waals surface area (Å²) in [5, 5.41) is 6.75. The molecule has 0 unspecified atom stereocenters. The predicted molar refractivity (Wildman–Crippen MR) is 97.2 cm³/mol. The van der Waals surface area contributed by atoms with Crippen LogP contribution in [0.25, 0.3) is 11.4 Å². The first kappa shape index (κ1) is 17.8. The predicted octanol–water partition coefficient (Wildman–Crippen LogP) is 4.57. The van der Waals surface area contributed by atoms with Gasteiger partial charge in [-0.1, -0.05) is 31.1 Å². The van der Waals surface area contributed by atoms with Crippen molar-refractivity contribution in [2.45, 2.75) is 32.6 Å². The fraction of sp³-hybridized carbons (Fsp3) is 0.250. The second kappa shape index (κ2) is 7.91. The average Bonchev–Trinajstić information content (AvgIpc) is 3.10. The van der Waals surface area contributed by atoms with Crippen molar-refractivity contribution in [3.05, 3.63) is 65.8 Å². The van der Waals surface area contributed by atoms with Gasteiger partial charge in [0.05, 0.1) is 0 Å². The van der Waals surface area contributed by atoms with E-state index in [1.165, 1.54) is 17.7 Å². The second-order valence-corrected chi connectivity index (χ2v) is 6.35. The van der Waals surface area contributed by atoms with Crippen molar-refractivity contribution in [1.82, 2.24) is 10.1 Å². The summed E-state index contributed by atoms with van der Waals surface area (Å²) in [7, 11) is 0. The quantitative estimate of drug-likeness (QED) is 0.705. The molecule has 0 fully saturated rings. The average molecular weight is 353 g/mol. The van der Waals surface area contributed by atoms with Crippen LogP contribution in [-0.4, -0.2) is 16.0 Å². The Morgan fingerprint density at radius 3 is 2.69 bits per heavy atom. The van der Waals surface area contributed by atoms with Gasteiger partial charge < -0.3 is 9.84 Å². The summed E-state index contributed by atoms with van der Waals surface area (Å²) in [5.74, 6) is 0.707. The fourth-order valence-corrected chi connectivity index (χ4v) is 2.49. The molecule has 1 heterocycles. The molecule has 1 N–H and O–H groups in total. The van der Waals surface area contributed by atoms with Crippen LogP contribution >= 0.6 is 0 Å². The minimum Gasteiger partial charge on any atom is -0.339 e. The Kier molecular flexibility index (Phi) is 5.41. The molecule has 0 aliphatic heterocycles. The highest BCUT2D eigenvalue weighted by molar-refractivity contribution is 5.90. The smallest absolute Gasteiger partial charge is 0.227 e. The lowest BCUT2D eigenvalue weighted by Crippen LogP contribution is -2.12. The lowest BCUT2D eigenvalue weighted by atomic mass is 10.0. The van der Waals surface area contributed by atoms with E-state index in [0.29, 0.717) is 29.6 Å². The monoisotopic (exact) mass is 353 g/mol. The molecule has 6 heteroatoms.